The van der Waals surface area contributed by atoms with Gasteiger partial charge in [-0.05, 0) is 32.0 Å². The largest absolute Gasteiger partial charge is 0.506 e. The zero-order chi connectivity index (χ0) is 17.9. The van der Waals surface area contributed by atoms with Crippen LogP contribution in [0.1, 0.15) is 29.8 Å². The van der Waals surface area contributed by atoms with Crippen LogP contribution in [0.2, 0.25) is 0 Å². The average molecular weight is 330 g/mol. The first-order valence-electron chi connectivity index (χ1n) is 6.81. The fourth-order valence-electron chi connectivity index (χ4n) is 2.13. The van der Waals surface area contributed by atoms with Gasteiger partial charge in [-0.1, -0.05) is 6.07 Å². The summed E-state index contributed by atoms with van der Waals surface area (Å²) in [6.07, 6.45) is 0.509. The minimum absolute atomic E-state index is 0.0759. The molecule has 0 bridgehead atoms. The van der Waals surface area contributed by atoms with Crippen molar-refractivity contribution in [3.05, 3.63) is 45.8 Å². The number of nitrogens with one attached hydrogen (secondary N) is 1. The molecule has 0 aliphatic heterocycles. The van der Waals surface area contributed by atoms with Gasteiger partial charge < -0.3 is 19.9 Å². The van der Waals surface area contributed by atoms with E-state index in [0.29, 0.717) is 17.8 Å². The van der Waals surface area contributed by atoms with Gasteiger partial charge in [-0.25, -0.2) is 4.79 Å². The molecule has 0 aliphatic carbocycles. The number of aromatic hydroxyl groups is 2. The van der Waals surface area contributed by atoms with E-state index in [1.54, 1.807) is 24.3 Å². The molecule has 0 fully saturated rings. The molecule has 8 heteroatoms. The van der Waals surface area contributed by atoms with Crippen molar-refractivity contribution >= 4 is 29.3 Å². The van der Waals surface area contributed by atoms with E-state index in [1.165, 1.54) is 6.92 Å². The molecule has 0 radical (unpaired) electrons. The Hall–Kier alpha value is -3.42. The Labute approximate surface area is 136 Å². The maximum atomic E-state index is 11.9. The molecular weight excluding hydrogens is 316 g/mol. The van der Waals surface area contributed by atoms with Crippen molar-refractivity contribution in [3.8, 4) is 11.7 Å². The predicted octanol–water partition coefficient (Wildman–Crippen LogP) is 1.96. The van der Waals surface area contributed by atoms with Crippen LogP contribution >= 0.6 is 0 Å². The molecule has 24 heavy (non-hydrogen) atoms. The minimum atomic E-state index is -1.03. The molecule has 0 spiro atoms. The SMILES string of the molecule is CC(=O)c1c(O)oc(=O)c(C(C)=Nc2cccc(NC=O)c2)c1O. The number of hydrogen-bond donors (Lipinski definition) is 3. The molecule has 0 aliphatic rings. The quantitative estimate of drug-likeness (QED) is 0.436. The first kappa shape index (κ1) is 16.9. The molecule has 2 aromatic rings. The lowest BCUT2D eigenvalue weighted by atomic mass is 10.1. The molecule has 8 nitrogen and oxygen atoms in total. The average Bonchev–Trinajstić information content (AvgIpc) is 2.46. The number of carbonyl (C=O) groups excluding carboxylic acids is 2. The highest BCUT2D eigenvalue weighted by Gasteiger charge is 2.23. The van der Waals surface area contributed by atoms with Crippen LogP contribution < -0.4 is 10.9 Å². The fraction of sp³-hybridized carbons (Fsp3) is 0.125. The second-order valence-corrected chi connectivity index (χ2v) is 4.86. The van der Waals surface area contributed by atoms with Gasteiger partial charge in [0.15, 0.2) is 5.78 Å². The summed E-state index contributed by atoms with van der Waals surface area (Å²) in [5.41, 5.74) is -0.881. The topological polar surface area (TPSA) is 129 Å². The molecule has 2 rings (SSSR count). The van der Waals surface area contributed by atoms with Crippen LogP contribution in [-0.4, -0.2) is 28.1 Å². The van der Waals surface area contributed by atoms with E-state index in [-0.39, 0.29) is 11.3 Å². The van der Waals surface area contributed by atoms with Gasteiger partial charge in [0.1, 0.15) is 16.9 Å². The maximum absolute atomic E-state index is 11.9. The molecule has 1 heterocycles. The van der Waals surface area contributed by atoms with Crippen molar-refractivity contribution < 1.29 is 24.2 Å². The molecule has 124 valence electrons. The van der Waals surface area contributed by atoms with Crippen LogP contribution in [-0.2, 0) is 4.79 Å². The van der Waals surface area contributed by atoms with Crippen molar-refractivity contribution in [2.45, 2.75) is 13.8 Å². The molecule has 1 amide bonds. The Bertz CT molecular complexity index is 898. The minimum Gasteiger partial charge on any atom is -0.506 e. The first-order valence-corrected chi connectivity index (χ1v) is 6.81. The number of Topliss-reactive ketones (excluding diaryl/α,β-unsaturated/α-hetero) is 1. The second-order valence-electron chi connectivity index (χ2n) is 4.86. The fourth-order valence-corrected chi connectivity index (χ4v) is 2.13. The standard InChI is InChI=1S/C16H14N2O6/c1-8(18-11-5-3-4-10(6-11)17-7-19)12-14(21)13(9(2)20)16(23)24-15(12)22/h3-7,21,23H,1-2H3,(H,17,19). The van der Waals surface area contributed by atoms with Gasteiger partial charge >= 0.3 is 5.63 Å². The summed E-state index contributed by atoms with van der Waals surface area (Å²) in [6, 6.07) is 6.44. The summed E-state index contributed by atoms with van der Waals surface area (Å²) in [6.45, 7) is 2.55. The maximum Gasteiger partial charge on any atom is 0.351 e. The highest BCUT2D eigenvalue weighted by molar-refractivity contribution is 6.07. The number of benzene rings is 1. The summed E-state index contributed by atoms with van der Waals surface area (Å²) >= 11 is 0. The van der Waals surface area contributed by atoms with E-state index in [1.807, 2.05) is 0 Å². The molecule has 3 N–H and O–H groups in total. The Morgan fingerprint density at radius 1 is 1.25 bits per heavy atom. The number of carbonyl (C=O) groups is 2. The summed E-state index contributed by atoms with van der Waals surface area (Å²) < 4.78 is 4.58. The van der Waals surface area contributed by atoms with Gasteiger partial charge in [-0.2, -0.15) is 0 Å². The molecule has 1 aromatic carbocycles. The van der Waals surface area contributed by atoms with Gasteiger partial charge in [0, 0.05) is 5.69 Å². The highest BCUT2D eigenvalue weighted by atomic mass is 16.5. The number of hydrogen-bond acceptors (Lipinski definition) is 7. The summed E-state index contributed by atoms with van der Waals surface area (Å²) in [7, 11) is 0. The summed E-state index contributed by atoms with van der Waals surface area (Å²) in [5, 5.41) is 22.1. The number of rotatable bonds is 5. The third-order valence-corrected chi connectivity index (χ3v) is 3.16. The first-order chi connectivity index (χ1) is 11.3. The zero-order valence-corrected chi connectivity index (χ0v) is 12.9. The van der Waals surface area contributed by atoms with Crippen LogP contribution in [0.15, 0.2) is 38.5 Å². The van der Waals surface area contributed by atoms with Crippen LogP contribution in [0.4, 0.5) is 11.4 Å². The lowest BCUT2D eigenvalue weighted by molar-refractivity contribution is -0.105. The van der Waals surface area contributed by atoms with E-state index in [0.717, 1.165) is 6.92 Å². The van der Waals surface area contributed by atoms with Crippen LogP contribution in [0.25, 0.3) is 0 Å². The van der Waals surface area contributed by atoms with Crippen molar-refractivity contribution in [2.75, 3.05) is 5.32 Å². The van der Waals surface area contributed by atoms with E-state index in [2.05, 4.69) is 14.7 Å². The van der Waals surface area contributed by atoms with Gasteiger partial charge in [-0.15, -0.1) is 0 Å². The van der Waals surface area contributed by atoms with Crippen molar-refractivity contribution in [3.63, 3.8) is 0 Å². The third kappa shape index (κ3) is 3.32. The molecule has 1 aromatic heterocycles. The normalized spacial score (nSPS) is 11.2. The molecule has 0 atom stereocenters. The number of ketones is 1. The number of anilines is 1. The summed E-state index contributed by atoms with van der Waals surface area (Å²) in [5.74, 6) is -2.31. The Morgan fingerprint density at radius 3 is 2.58 bits per heavy atom. The highest BCUT2D eigenvalue weighted by Crippen LogP contribution is 2.29. The lowest BCUT2D eigenvalue weighted by Gasteiger charge is -2.08. The predicted molar refractivity (Wildman–Crippen MR) is 86.3 cm³/mol. The van der Waals surface area contributed by atoms with Crippen molar-refractivity contribution in [1.82, 2.24) is 0 Å². The van der Waals surface area contributed by atoms with Gasteiger partial charge in [0.05, 0.1) is 11.4 Å². The van der Waals surface area contributed by atoms with E-state index >= 15 is 0 Å². The molecule has 0 saturated heterocycles. The number of nitrogens with zero attached hydrogens (tertiary/aromatic N) is 1. The lowest BCUT2D eigenvalue weighted by Crippen LogP contribution is -2.15. The van der Waals surface area contributed by atoms with E-state index < -0.39 is 28.7 Å². The van der Waals surface area contributed by atoms with E-state index in [9.17, 15) is 24.6 Å². The van der Waals surface area contributed by atoms with E-state index in [4.69, 9.17) is 0 Å². The number of aliphatic imine (C=N–C) groups is 1. The smallest absolute Gasteiger partial charge is 0.351 e. The van der Waals surface area contributed by atoms with Gasteiger partial charge in [0.25, 0.3) is 5.95 Å². The Morgan fingerprint density at radius 2 is 1.96 bits per heavy atom. The Balaban J connectivity index is 2.57. The molecule has 0 unspecified atom stereocenters. The zero-order valence-electron chi connectivity index (χ0n) is 12.9. The molecular formula is C16H14N2O6. The summed E-state index contributed by atoms with van der Waals surface area (Å²) in [4.78, 5) is 38.0. The third-order valence-electron chi connectivity index (χ3n) is 3.16. The monoisotopic (exact) mass is 330 g/mol. The van der Waals surface area contributed by atoms with Crippen molar-refractivity contribution in [2.24, 2.45) is 4.99 Å². The van der Waals surface area contributed by atoms with Crippen LogP contribution in [0, 0.1) is 0 Å². The molecule has 0 saturated carbocycles. The van der Waals surface area contributed by atoms with Crippen LogP contribution in [0.3, 0.4) is 0 Å². The van der Waals surface area contributed by atoms with Crippen molar-refractivity contribution in [1.29, 1.82) is 0 Å². The van der Waals surface area contributed by atoms with Gasteiger partial charge in [0.2, 0.25) is 6.41 Å². The van der Waals surface area contributed by atoms with Gasteiger partial charge in [-0.3, -0.25) is 14.6 Å². The Kier molecular flexibility index (Phi) is 4.78. The second kappa shape index (κ2) is 6.78. The van der Waals surface area contributed by atoms with Crippen LogP contribution in [0.5, 0.6) is 11.7 Å². The number of amides is 1.